The van der Waals surface area contributed by atoms with E-state index in [9.17, 15) is 20.1 Å². The minimum atomic E-state index is -1.68. The van der Waals surface area contributed by atoms with Crippen LogP contribution < -0.4 is 0 Å². The summed E-state index contributed by atoms with van der Waals surface area (Å²) < 4.78 is 10.4. The monoisotopic (exact) mass is 334 g/mol. The van der Waals surface area contributed by atoms with Crippen molar-refractivity contribution in [2.45, 2.75) is 89.0 Å². The highest BCUT2D eigenvalue weighted by Crippen LogP contribution is 2.22. The number of carboxylic acid groups (broad SMARTS) is 1. The number of unbranched alkanes of at least 4 members (excludes halogenated alkanes) is 7. The number of hydrogen-bond acceptors (Lipinski definition) is 6. The van der Waals surface area contributed by atoms with Crippen LogP contribution in [0.1, 0.15) is 58.3 Å². The molecule has 5 atom stereocenters. The maximum Gasteiger partial charge on any atom is 0.335 e. The van der Waals surface area contributed by atoms with Gasteiger partial charge in [-0.1, -0.05) is 51.9 Å². The summed E-state index contributed by atoms with van der Waals surface area (Å²) in [6.07, 6.45) is 1.50. The number of aliphatic hydroxyl groups is 3. The fourth-order valence-corrected chi connectivity index (χ4v) is 2.63. The second-order valence-corrected chi connectivity index (χ2v) is 6.08. The topological polar surface area (TPSA) is 116 Å². The molecule has 1 aliphatic heterocycles. The number of carboxylic acids is 1. The molecule has 0 bridgehead atoms. The molecule has 1 rings (SSSR count). The molecule has 0 aliphatic carbocycles. The zero-order chi connectivity index (χ0) is 17.2. The first kappa shape index (κ1) is 20.3. The van der Waals surface area contributed by atoms with E-state index in [0.29, 0.717) is 6.61 Å². The Bertz CT molecular complexity index is 336. The number of aliphatic carboxylic acids is 1. The minimum absolute atomic E-state index is 0.311. The van der Waals surface area contributed by atoms with Crippen LogP contribution in [0.5, 0.6) is 0 Å². The van der Waals surface area contributed by atoms with Crippen LogP contribution in [0.25, 0.3) is 0 Å². The molecule has 1 fully saturated rings. The Hall–Kier alpha value is -0.730. The average Bonchev–Trinajstić information content (AvgIpc) is 2.52. The van der Waals surface area contributed by atoms with Gasteiger partial charge in [-0.25, -0.2) is 4.79 Å². The van der Waals surface area contributed by atoms with E-state index in [1.807, 2.05) is 0 Å². The molecule has 0 amide bonds. The molecule has 0 aromatic carbocycles. The highest BCUT2D eigenvalue weighted by Gasteiger charge is 2.47. The lowest BCUT2D eigenvalue weighted by molar-refractivity contribution is -0.294. The normalized spacial score (nSPS) is 31.2. The van der Waals surface area contributed by atoms with E-state index in [0.717, 1.165) is 19.3 Å². The summed E-state index contributed by atoms with van der Waals surface area (Å²) in [7, 11) is 0. The fraction of sp³-hybridized carbons (Fsp3) is 0.938. The first-order valence-corrected chi connectivity index (χ1v) is 8.53. The van der Waals surface area contributed by atoms with Crippen LogP contribution in [-0.2, 0) is 14.3 Å². The van der Waals surface area contributed by atoms with E-state index >= 15 is 0 Å². The van der Waals surface area contributed by atoms with Crippen LogP contribution in [0.15, 0.2) is 0 Å². The van der Waals surface area contributed by atoms with E-state index in [1.165, 1.54) is 32.1 Å². The third-order valence-corrected chi connectivity index (χ3v) is 4.09. The largest absolute Gasteiger partial charge is 0.479 e. The number of carbonyl (C=O) groups is 1. The first-order chi connectivity index (χ1) is 11.0. The van der Waals surface area contributed by atoms with Gasteiger partial charge in [0.05, 0.1) is 0 Å². The van der Waals surface area contributed by atoms with Crippen LogP contribution in [0.2, 0.25) is 0 Å². The molecular weight excluding hydrogens is 304 g/mol. The number of hydrogen-bond donors (Lipinski definition) is 4. The molecule has 0 saturated carbocycles. The number of rotatable bonds is 11. The van der Waals surface area contributed by atoms with Crippen LogP contribution in [0.3, 0.4) is 0 Å². The Morgan fingerprint density at radius 2 is 1.48 bits per heavy atom. The minimum Gasteiger partial charge on any atom is -0.479 e. The zero-order valence-corrected chi connectivity index (χ0v) is 13.8. The molecular formula is C16H30O7. The van der Waals surface area contributed by atoms with Gasteiger partial charge in [-0.2, -0.15) is 0 Å². The van der Waals surface area contributed by atoms with Crippen LogP contribution in [-0.4, -0.2) is 63.7 Å². The van der Waals surface area contributed by atoms with Gasteiger partial charge in [-0.15, -0.1) is 0 Å². The van der Waals surface area contributed by atoms with Crippen LogP contribution >= 0.6 is 0 Å². The lowest BCUT2D eigenvalue weighted by Crippen LogP contribution is -2.60. The van der Waals surface area contributed by atoms with Crippen molar-refractivity contribution in [2.75, 3.05) is 6.61 Å². The van der Waals surface area contributed by atoms with Gasteiger partial charge in [0, 0.05) is 6.61 Å². The number of ether oxygens (including phenoxy) is 2. The van der Waals surface area contributed by atoms with Gasteiger partial charge in [0.15, 0.2) is 12.4 Å². The zero-order valence-electron chi connectivity index (χ0n) is 13.8. The van der Waals surface area contributed by atoms with Crippen molar-refractivity contribution in [3.63, 3.8) is 0 Å². The van der Waals surface area contributed by atoms with Gasteiger partial charge in [0.2, 0.25) is 0 Å². The van der Waals surface area contributed by atoms with Crippen molar-refractivity contribution in [3.8, 4) is 0 Å². The Morgan fingerprint density at radius 3 is 2.04 bits per heavy atom. The van der Waals surface area contributed by atoms with Gasteiger partial charge in [0.1, 0.15) is 18.3 Å². The molecule has 1 unspecified atom stereocenters. The van der Waals surface area contributed by atoms with Gasteiger partial charge in [-0.3, -0.25) is 0 Å². The van der Waals surface area contributed by atoms with Gasteiger partial charge >= 0.3 is 5.97 Å². The Morgan fingerprint density at radius 1 is 0.913 bits per heavy atom. The molecule has 1 heterocycles. The molecule has 0 spiro atoms. The average molecular weight is 334 g/mol. The Balaban J connectivity index is 2.19. The highest BCUT2D eigenvalue weighted by atomic mass is 16.7. The quantitative estimate of drug-likeness (QED) is 0.417. The predicted octanol–water partition coefficient (Wildman–Crippen LogP) is 1.04. The van der Waals surface area contributed by atoms with E-state index < -0.39 is 36.7 Å². The summed E-state index contributed by atoms with van der Waals surface area (Å²) >= 11 is 0. The highest BCUT2D eigenvalue weighted by molar-refractivity contribution is 5.73. The van der Waals surface area contributed by atoms with Gasteiger partial charge in [0.25, 0.3) is 0 Å². The van der Waals surface area contributed by atoms with Crippen molar-refractivity contribution < 1.29 is 34.7 Å². The van der Waals surface area contributed by atoms with Gasteiger partial charge < -0.3 is 29.9 Å². The Labute approximate surface area is 137 Å². The molecule has 0 radical (unpaired) electrons. The maximum atomic E-state index is 11.0. The summed E-state index contributed by atoms with van der Waals surface area (Å²) in [5.41, 5.74) is 0. The third kappa shape index (κ3) is 6.73. The molecule has 1 aliphatic rings. The molecule has 7 nitrogen and oxygen atoms in total. The lowest BCUT2D eigenvalue weighted by atomic mass is 9.99. The van der Waals surface area contributed by atoms with E-state index in [1.54, 1.807) is 0 Å². The smallest absolute Gasteiger partial charge is 0.335 e. The molecule has 136 valence electrons. The Kier molecular flexibility index (Phi) is 9.66. The third-order valence-electron chi connectivity index (χ3n) is 4.09. The summed E-state index contributed by atoms with van der Waals surface area (Å²) in [5.74, 6) is -1.40. The predicted molar refractivity (Wildman–Crippen MR) is 82.9 cm³/mol. The lowest BCUT2D eigenvalue weighted by Gasteiger charge is -2.38. The molecule has 7 heteroatoms. The molecule has 4 N–H and O–H groups in total. The maximum absolute atomic E-state index is 11.0. The fourth-order valence-electron chi connectivity index (χ4n) is 2.63. The summed E-state index contributed by atoms with van der Waals surface area (Å²) in [6, 6.07) is 0. The summed E-state index contributed by atoms with van der Waals surface area (Å²) in [4.78, 5) is 11.0. The number of aliphatic hydroxyl groups excluding tert-OH is 3. The van der Waals surface area contributed by atoms with Gasteiger partial charge in [-0.05, 0) is 6.42 Å². The second kappa shape index (κ2) is 10.9. The van der Waals surface area contributed by atoms with E-state index in [-0.39, 0.29) is 0 Å². The SMILES string of the molecule is CCCCCCCCCCOC1O[C@H](C(=O)O)[C@H](O)[C@H](O)[C@H]1O. The molecule has 1 saturated heterocycles. The van der Waals surface area contributed by atoms with Crippen molar-refractivity contribution in [1.82, 2.24) is 0 Å². The van der Waals surface area contributed by atoms with Crippen molar-refractivity contribution in [2.24, 2.45) is 0 Å². The molecule has 0 aromatic heterocycles. The van der Waals surface area contributed by atoms with E-state index in [4.69, 9.17) is 14.6 Å². The van der Waals surface area contributed by atoms with Crippen molar-refractivity contribution in [3.05, 3.63) is 0 Å². The van der Waals surface area contributed by atoms with Crippen molar-refractivity contribution in [1.29, 1.82) is 0 Å². The molecule has 23 heavy (non-hydrogen) atoms. The standard InChI is InChI=1S/C16H30O7/c1-2-3-4-5-6-7-8-9-10-22-16-13(19)11(17)12(18)14(23-16)15(20)21/h11-14,16-19H,2-10H2,1H3,(H,20,21)/t11-,12+,13+,14-,16?/m0/s1. The summed E-state index contributed by atoms with van der Waals surface area (Å²) in [6.45, 7) is 2.50. The summed E-state index contributed by atoms with van der Waals surface area (Å²) in [5, 5.41) is 37.9. The second-order valence-electron chi connectivity index (χ2n) is 6.08. The molecule has 0 aromatic rings. The van der Waals surface area contributed by atoms with Crippen LogP contribution in [0.4, 0.5) is 0 Å². The van der Waals surface area contributed by atoms with Crippen molar-refractivity contribution >= 4 is 5.97 Å². The van der Waals surface area contributed by atoms with Crippen LogP contribution in [0, 0.1) is 0 Å². The first-order valence-electron chi connectivity index (χ1n) is 8.53. The van der Waals surface area contributed by atoms with E-state index in [2.05, 4.69) is 6.92 Å².